The van der Waals surface area contributed by atoms with Crippen LogP contribution in [0.15, 0.2) is 65.4 Å². The Morgan fingerprint density at radius 2 is 1.80 bits per heavy atom. The standard InChI is InChI=1S/C17H14BrNO/c18-17-10-12(7-8-19-17)9-16(20)15-6-5-13-3-1-2-4-14(13)11-15/h1-8,10-11,16,20H,9H2. The van der Waals surface area contributed by atoms with E-state index in [1.807, 2.05) is 30.3 Å². The molecule has 20 heavy (non-hydrogen) atoms. The van der Waals surface area contributed by atoms with Crippen LogP contribution in [0.25, 0.3) is 10.8 Å². The first-order valence-corrected chi connectivity index (χ1v) is 7.29. The van der Waals surface area contributed by atoms with Gasteiger partial charge in [-0.2, -0.15) is 0 Å². The molecular weight excluding hydrogens is 314 g/mol. The van der Waals surface area contributed by atoms with Crippen molar-refractivity contribution < 1.29 is 5.11 Å². The predicted molar refractivity (Wildman–Crippen MR) is 84.5 cm³/mol. The molecule has 2 nitrogen and oxygen atoms in total. The van der Waals surface area contributed by atoms with Gasteiger partial charge in [0, 0.05) is 12.6 Å². The topological polar surface area (TPSA) is 33.1 Å². The number of halogens is 1. The van der Waals surface area contributed by atoms with Gasteiger partial charge in [-0.1, -0.05) is 36.4 Å². The predicted octanol–water partition coefficient (Wildman–Crippen LogP) is 4.27. The fraction of sp³-hybridized carbons (Fsp3) is 0.118. The second-order valence-electron chi connectivity index (χ2n) is 4.81. The zero-order chi connectivity index (χ0) is 13.9. The summed E-state index contributed by atoms with van der Waals surface area (Å²) in [5, 5.41) is 12.7. The summed E-state index contributed by atoms with van der Waals surface area (Å²) in [6, 6.07) is 18.1. The molecule has 0 bridgehead atoms. The number of nitrogens with zero attached hydrogens (tertiary/aromatic N) is 1. The molecule has 0 spiro atoms. The molecule has 1 atom stereocenters. The average molecular weight is 328 g/mol. The van der Waals surface area contributed by atoms with E-state index in [0.29, 0.717) is 6.42 Å². The minimum Gasteiger partial charge on any atom is -0.388 e. The first-order chi connectivity index (χ1) is 9.72. The number of aliphatic hydroxyl groups excluding tert-OH is 1. The maximum absolute atomic E-state index is 10.4. The normalized spacial score (nSPS) is 12.5. The van der Waals surface area contributed by atoms with Crippen LogP contribution in [-0.4, -0.2) is 10.1 Å². The number of fused-ring (bicyclic) bond motifs is 1. The van der Waals surface area contributed by atoms with Gasteiger partial charge in [0.05, 0.1) is 6.10 Å². The third kappa shape index (κ3) is 2.89. The summed E-state index contributed by atoms with van der Waals surface area (Å²) in [5.41, 5.74) is 2.00. The third-order valence-electron chi connectivity index (χ3n) is 3.38. The minimum absolute atomic E-state index is 0.506. The van der Waals surface area contributed by atoms with Crippen molar-refractivity contribution in [3.05, 3.63) is 76.5 Å². The first-order valence-electron chi connectivity index (χ1n) is 6.49. The monoisotopic (exact) mass is 327 g/mol. The first kappa shape index (κ1) is 13.3. The molecule has 0 saturated carbocycles. The summed E-state index contributed by atoms with van der Waals surface area (Å²) < 4.78 is 0.792. The Bertz CT molecular complexity index is 742. The van der Waals surface area contributed by atoms with Crippen LogP contribution in [0.4, 0.5) is 0 Å². The molecule has 0 amide bonds. The summed E-state index contributed by atoms with van der Waals surface area (Å²) in [6.07, 6.45) is 1.82. The molecule has 0 aliphatic rings. The molecule has 0 radical (unpaired) electrons. The van der Waals surface area contributed by atoms with Gasteiger partial charge in [-0.3, -0.25) is 0 Å². The number of pyridine rings is 1. The van der Waals surface area contributed by atoms with E-state index in [-0.39, 0.29) is 0 Å². The van der Waals surface area contributed by atoms with Crippen LogP contribution in [0.3, 0.4) is 0 Å². The number of aromatic nitrogens is 1. The Labute approximate surface area is 126 Å². The van der Waals surface area contributed by atoms with Crippen molar-refractivity contribution in [2.45, 2.75) is 12.5 Å². The van der Waals surface area contributed by atoms with E-state index >= 15 is 0 Å². The van der Waals surface area contributed by atoms with Crippen LogP contribution in [0.2, 0.25) is 0 Å². The lowest BCUT2D eigenvalue weighted by molar-refractivity contribution is 0.178. The molecule has 3 heteroatoms. The van der Waals surface area contributed by atoms with Crippen molar-refractivity contribution in [3.63, 3.8) is 0 Å². The van der Waals surface area contributed by atoms with Crippen molar-refractivity contribution in [1.29, 1.82) is 0 Å². The van der Waals surface area contributed by atoms with E-state index in [2.05, 4.69) is 45.2 Å². The Balaban J connectivity index is 1.86. The zero-order valence-corrected chi connectivity index (χ0v) is 12.4. The van der Waals surface area contributed by atoms with E-state index in [1.165, 1.54) is 5.39 Å². The highest BCUT2D eigenvalue weighted by atomic mass is 79.9. The Morgan fingerprint density at radius 3 is 2.60 bits per heavy atom. The Hall–Kier alpha value is -1.71. The SMILES string of the molecule is OC(Cc1ccnc(Br)c1)c1ccc2ccccc2c1. The van der Waals surface area contributed by atoms with Crippen LogP contribution >= 0.6 is 15.9 Å². The summed E-state index contributed by atoms with van der Waals surface area (Å²) in [7, 11) is 0. The second kappa shape index (κ2) is 5.73. The summed E-state index contributed by atoms with van der Waals surface area (Å²) in [5.74, 6) is 0. The molecule has 0 aliphatic carbocycles. The lowest BCUT2D eigenvalue weighted by atomic mass is 9.99. The fourth-order valence-electron chi connectivity index (χ4n) is 2.33. The molecule has 1 unspecified atom stereocenters. The number of hydrogen-bond donors (Lipinski definition) is 1. The highest BCUT2D eigenvalue weighted by molar-refractivity contribution is 9.10. The Kier molecular flexibility index (Phi) is 3.81. The van der Waals surface area contributed by atoms with Gasteiger partial charge in [-0.15, -0.1) is 0 Å². The number of benzene rings is 2. The van der Waals surface area contributed by atoms with E-state index in [4.69, 9.17) is 0 Å². The lowest BCUT2D eigenvalue weighted by Crippen LogP contribution is -2.02. The number of rotatable bonds is 3. The van der Waals surface area contributed by atoms with Crippen LogP contribution in [0, 0.1) is 0 Å². The van der Waals surface area contributed by atoms with Gasteiger partial charge in [0.2, 0.25) is 0 Å². The maximum atomic E-state index is 10.4. The molecule has 1 heterocycles. The summed E-state index contributed by atoms with van der Waals surface area (Å²) >= 11 is 3.35. The van der Waals surface area contributed by atoms with Crippen molar-refractivity contribution >= 4 is 26.7 Å². The van der Waals surface area contributed by atoms with Crippen molar-refractivity contribution in [1.82, 2.24) is 4.98 Å². The van der Waals surface area contributed by atoms with Gasteiger partial charge in [0.15, 0.2) is 0 Å². The van der Waals surface area contributed by atoms with Crippen LogP contribution < -0.4 is 0 Å². The van der Waals surface area contributed by atoms with E-state index in [9.17, 15) is 5.11 Å². The van der Waals surface area contributed by atoms with Crippen molar-refractivity contribution in [2.75, 3.05) is 0 Å². The fourth-order valence-corrected chi connectivity index (χ4v) is 2.74. The van der Waals surface area contributed by atoms with Gasteiger partial charge < -0.3 is 5.11 Å². The lowest BCUT2D eigenvalue weighted by Gasteiger charge is -2.12. The van der Waals surface area contributed by atoms with Gasteiger partial charge in [-0.05, 0) is 56.0 Å². The average Bonchev–Trinajstić information content (AvgIpc) is 2.47. The molecule has 2 aromatic carbocycles. The van der Waals surface area contributed by atoms with Gasteiger partial charge in [0.25, 0.3) is 0 Å². The minimum atomic E-state index is -0.506. The number of aliphatic hydroxyl groups is 1. The van der Waals surface area contributed by atoms with Crippen LogP contribution in [0.1, 0.15) is 17.2 Å². The van der Waals surface area contributed by atoms with E-state index in [0.717, 1.165) is 21.1 Å². The molecule has 3 aromatic rings. The third-order valence-corrected chi connectivity index (χ3v) is 3.81. The summed E-state index contributed by atoms with van der Waals surface area (Å²) in [4.78, 5) is 4.10. The molecule has 0 saturated heterocycles. The summed E-state index contributed by atoms with van der Waals surface area (Å²) in [6.45, 7) is 0. The molecule has 0 fully saturated rings. The molecule has 1 N–H and O–H groups in total. The largest absolute Gasteiger partial charge is 0.388 e. The van der Waals surface area contributed by atoms with Gasteiger partial charge in [0.1, 0.15) is 4.60 Å². The highest BCUT2D eigenvalue weighted by Crippen LogP contribution is 2.23. The van der Waals surface area contributed by atoms with Crippen molar-refractivity contribution in [3.8, 4) is 0 Å². The molecular formula is C17H14BrNO. The van der Waals surface area contributed by atoms with Crippen molar-refractivity contribution in [2.24, 2.45) is 0 Å². The second-order valence-corrected chi connectivity index (χ2v) is 5.63. The quantitative estimate of drug-likeness (QED) is 0.728. The van der Waals surface area contributed by atoms with Crippen LogP contribution in [-0.2, 0) is 6.42 Å². The van der Waals surface area contributed by atoms with E-state index in [1.54, 1.807) is 6.20 Å². The molecule has 1 aromatic heterocycles. The highest BCUT2D eigenvalue weighted by Gasteiger charge is 2.09. The van der Waals surface area contributed by atoms with Gasteiger partial charge >= 0.3 is 0 Å². The molecule has 0 aliphatic heterocycles. The Morgan fingerprint density at radius 1 is 1.00 bits per heavy atom. The molecule has 3 rings (SSSR count). The zero-order valence-electron chi connectivity index (χ0n) is 10.8. The van der Waals surface area contributed by atoms with Crippen LogP contribution in [0.5, 0.6) is 0 Å². The maximum Gasteiger partial charge on any atom is 0.106 e. The number of hydrogen-bond acceptors (Lipinski definition) is 2. The smallest absolute Gasteiger partial charge is 0.106 e. The van der Waals surface area contributed by atoms with E-state index < -0.39 is 6.10 Å². The molecule has 100 valence electrons. The van der Waals surface area contributed by atoms with Gasteiger partial charge in [-0.25, -0.2) is 4.98 Å².